The number of hydrogen-bond acceptors (Lipinski definition) is 2. The van der Waals surface area contributed by atoms with Crippen LogP contribution in [0.3, 0.4) is 0 Å². The maximum atomic E-state index is 13.0. The lowest BCUT2D eigenvalue weighted by atomic mass is 10.1. The molecule has 0 spiro atoms. The van der Waals surface area contributed by atoms with Crippen molar-refractivity contribution in [3.8, 4) is 0 Å². The number of hydrogen-bond donors (Lipinski definition) is 1. The highest BCUT2D eigenvalue weighted by atomic mass is 19.4. The zero-order chi connectivity index (χ0) is 15.6. The van der Waals surface area contributed by atoms with E-state index in [4.69, 9.17) is 0 Å². The summed E-state index contributed by atoms with van der Waals surface area (Å²) in [6.07, 6.45) is -2.58. The molecule has 1 aromatic rings. The van der Waals surface area contributed by atoms with Crippen molar-refractivity contribution >= 4 is 11.6 Å². The summed E-state index contributed by atoms with van der Waals surface area (Å²) in [6, 6.07) is 3.69. The number of halogens is 3. The van der Waals surface area contributed by atoms with Crippen molar-refractivity contribution in [1.82, 2.24) is 4.90 Å². The predicted octanol–water partition coefficient (Wildman–Crippen LogP) is 3.62. The molecule has 1 N–H and O–H groups in total. The smallest absolute Gasteiger partial charge is 0.388 e. The highest BCUT2D eigenvalue weighted by molar-refractivity contribution is 5.95. The van der Waals surface area contributed by atoms with Crippen LogP contribution in [-0.4, -0.2) is 30.9 Å². The standard InChI is InChI=1S/C15H19F3N2O/c1-3-10-6-7-20(9-10)14(21)11-4-5-13(19-2)12(8-11)15(16,17)18/h4-5,8,10,19H,3,6-7,9H2,1-2H3. The number of benzene rings is 1. The Morgan fingerprint density at radius 1 is 1.43 bits per heavy atom. The van der Waals surface area contributed by atoms with E-state index in [9.17, 15) is 18.0 Å². The third kappa shape index (κ3) is 3.31. The van der Waals surface area contributed by atoms with Crippen LogP contribution in [0, 0.1) is 5.92 Å². The average molecular weight is 300 g/mol. The van der Waals surface area contributed by atoms with E-state index in [-0.39, 0.29) is 17.2 Å². The van der Waals surface area contributed by atoms with E-state index >= 15 is 0 Å². The van der Waals surface area contributed by atoms with Crippen LogP contribution in [0.25, 0.3) is 0 Å². The van der Waals surface area contributed by atoms with Crippen LogP contribution in [0.1, 0.15) is 35.7 Å². The summed E-state index contributed by atoms with van der Waals surface area (Å²) in [6.45, 7) is 3.30. The van der Waals surface area contributed by atoms with Gasteiger partial charge in [0.15, 0.2) is 0 Å². The number of alkyl halides is 3. The minimum atomic E-state index is -4.48. The van der Waals surface area contributed by atoms with Crippen LogP contribution in [0.4, 0.5) is 18.9 Å². The Morgan fingerprint density at radius 2 is 2.14 bits per heavy atom. The fourth-order valence-corrected chi connectivity index (χ4v) is 2.66. The van der Waals surface area contributed by atoms with E-state index < -0.39 is 11.7 Å². The van der Waals surface area contributed by atoms with Crippen LogP contribution in [0.5, 0.6) is 0 Å². The molecule has 0 aromatic heterocycles. The fraction of sp³-hybridized carbons (Fsp3) is 0.533. The summed E-state index contributed by atoms with van der Waals surface area (Å²) in [7, 11) is 1.43. The number of amides is 1. The van der Waals surface area contributed by atoms with E-state index in [1.54, 1.807) is 4.90 Å². The van der Waals surface area contributed by atoms with E-state index in [0.29, 0.717) is 19.0 Å². The second-order valence-electron chi connectivity index (χ2n) is 5.32. The van der Waals surface area contributed by atoms with Gasteiger partial charge in [0.2, 0.25) is 0 Å². The molecule has 21 heavy (non-hydrogen) atoms. The molecule has 0 aliphatic carbocycles. The molecule has 1 atom stereocenters. The van der Waals surface area contributed by atoms with Gasteiger partial charge in [-0.05, 0) is 30.5 Å². The lowest BCUT2D eigenvalue weighted by Gasteiger charge is -2.18. The Morgan fingerprint density at radius 3 is 2.67 bits per heavy atom. The van der Waals surface area contributed by atoms with E-state index in [1.807, 2.05) is 0 Å². The average Bonchev–Trinajstić information content (AvgIpc) is 2.93. The minimum Gasteiger partial charge on any atom is -0.388 e. The van der Waals surface area contributed by atoms with Crippen molar-refractivity contribution < 1.29 is 18.0 Å². The monoisotopic (exact) mass is 300 g/mol. The van der Waals surface area contributed by atoms with Crippen molar-refractivity contribution in [1.29, 1.82) is 0 Å². The van der Waals surface area contributed by atoms with Crippen LogP contribution >= 0.6 is 0 Å². The lowest BCUT2D eigenvalue weighted by Crippen LogP contribution is -2.29. The Hall–Kier alpha value is -1.72. The van der Waals surface area contributed by atoms with Crippen molar-refractivity contribution in [3.05, 3.63) is 29.3 Å². The summed E-state index contributed by atoms with van der Waals surface area (Å²) < 4.78 is 39.0. The third-order valence-electron chi connectivity index (χ3n) is 3.99. The molecule has 0 saturated carbocycles. The fourth-order valence-electron chi connectivity index (χ4n) is 2.66. The molecular formula is C15H19F3N2O. The third-order valence-corrected chi connectivity index (χ3v) is 3.99. The quantitative estimate of drug-likeness (QED) is 0.924. The van der Waals surface area contributed by atoms with Crippen LogP contribution < -0.4 is 5.32 Å². The molecule has 1 aliphatic heterocycles. The molecular weight excluding hydrogens is 281 g/mol. The van der Waals surface area contributed by atoms with Crippen LogP contribution in [0.2, 0.25) is 0 Å². The highest BCUT2D eigenvalue weighted by Gasteiger charge is 2.35. The van der Waals surface area contributed by atoms with Gasteiger partial charge in [-0.25, -0.2) is 0 Å². The van der Waals surface area contributed by atoms with Crippen molar-refractivity contribution in [2.45, 2.75) is 25.9 Å². The topological polar surface area (TPSA) is 32.3 Å². The number of likely N-dealkylation sites (tertiary alicyclic amines) is 1. The Labute approximate surface area is 122 Å². The molecule has 3 nitrogen and oxygen atoms in total. The first kappa shape index (κ1) is 15.7. The predicted molar refractivity (Wildman–Crippen MR) is 75.3 cm³/mol. The Bertz CT molecular complexity index is 528. The second-order valence-corrected chi connectivity index (χ2v) is 5.32. The molecule has 2 rings (SSSR count). The van der Waals surface area contributed by atoms with Gasteiger partial charge < -0.3 is 10.2 Å². The van der Waals surface area contributed by atoms with Crippen molar-refractivity contribution in [2.75, 3.05) is 25.5 Å². The number of rotatable bonds is 3. The summed E-state index contributed by atoms with van der Waals surface area (Å²) in [5, 5.41) is 2.51. The van der Waals surface area contributed by atoms with E-state index in [2.05, 4.69) is 12.2 Å². The SMILES string of the molecule is CCC1CCN(C(=O)c2ccc(NC)c(C(F)(F)F)c2)C1. The summed E-state index contributed by atoms with van der Waals surface area (Å²) in [5.74, 6) is 0.131. The molecule has 116 valence electrons. The largest absolute Gasteiger partial charge is 0.418 e. The van der Waals surface area contributed by atoms with Gasteiger partial charge in [0.05, 0.1) is 5.56 Å². The van der Waals surface area contributed by atoms with Gasteiger partial charge in [-0.1, -0.05) is 13.3 Å². The molecule has 0 bridgehead atoms. The minimum absolute atomic E-state index is 0.0214. The zero-order valence-electron chi connectivity index (χ0n) is 12.1. The maximum absolute atomic E-state index is 13.0. The first-order valence-corrected chi connectivity index (χ1v) is 7.05. The van der Waals surface area contributed by atoms with Crippen LogP contribution in [-0.2, 0) is 6.18 Å². The van der Waals surface area contributed by atoms with Gasteiger partial charge in [-0.2, -0.15) is 13.2 Å². The number of carbonyl (C=O) groups is 1. The number of carbonyl (C=O) groups excluding carboxylic acids is 1. The Kier molecular flexibility index (Phi) is 4.44. The lowest BCUT2D eigenvalue weighted by molar-refractivity contribution is -0.136. The van der Waals surface area contributed by atoms with Gasteiger partial charge in [-0.3, -0.25) is 4.79 Å². The molecule has 1 amide bonds. The van der Waals surface area contributed by atoms with Gasteiger partial charge in [0.1, 0.15) is 0 Å². The molecule has 1 saturated heterocycles. The molecule has 1 aromatic carbocycles. The van der Waals surface area contributed by atoms with E-state index in [1.165, 1.54) is 19.2 Å². The first-order valence-electron chi connectivity index (χ1n) is 7.05. The number of nitrogens with one attached hydrogen (secondary N) is 1. The van der Waals surface area contributed by atoms with Crippen LogP contribution in [0.15, 0.2) is 18.2 Å². The van der Waals surface area contributed by atoms with Crippen molar-refractivity contribution in [2.24, 2.45) is 5.92 Å². The normalized spacial score (nSPS) is 18.9. The molecule has 1 unspecified atom stereocenters. The molecule has 1 fully saturated rings. The molecule has 1 heterocycles. The summed E-state index contributed by atoms with van der Waals surface area (Å²) >= 11 is 0. The zero-order valence-corrected chi connectivity index (χ0v) is 12.1. The van der Waals surface area contributed by atoms with Gasteiger partial charge >= 0.3 is 6.18 Å². The summed E-state index contributed by atoms with van der Waals surface area (Å²) in [5.41, 5.74) is -0.730. The first-order chi connectivity index (χ1) is 9.86. The van der Waals surface area contributed by atoms with Gasteiger partial charge in [0, 0.05) is 31.4 Å². The van der Waals surface area contributed by atoms with Gasteiger partial charge in [-0.15, -0.1) is 0 Å². The molecule has 6 heteroatoms. The molecule has 0 radical (unpaired) electrons. The number of nitrogens with zero attached hydrogens (tertiary/aromatic N) is 1. The van der Waals surface area contributed by atoms with Crippen molar-refractivity contribution in [3.63, 3.8) is 0 Å². The van der Waals surface area contributed by atoms with E-state index in [0.717, 1.165) is 18.9 Å². The summed E-state index contributed by atoms with van der Waals surface area (Å²) in [4.78, 5) is 14.0. The highest BCUT2D eigenvalue weighted by Crippen LogP contribution is 2.35. The maximum Gasteiger partial charge on any atom is 0.418 e. The number of anilines is 1. The molecule has 1 aliphatic rings. The Balaban J connectivity index is 2.26. The van der Waals surface area contributed by atoms with Gasteiger partial charge in [0.25, 0.3) is 5.91 Å². The second kappa shape index (κ2) is 5.95.